The molecule has 4 aromatic rings. The predicted molar refractivity (Wildman–Crippen MR) is 134 cm³/mol. The zero-order chi connectivity index (χ0) is 24.6. The van der Waals surface area contributed by atoms with Gasteiger partial charge in [-0.05, 0) is 43.7 Å². The Hall–Kier alpha value is -4.31. The number of thiazole rings is 1. The Morgan fingerprint density at radius 3 is 2.66 bits per heavy atom. The molecule has 4 rings (SSSR count). The van der Waals surface area contributed by atoms with E-state index >= 15 is 0 Å². The van der Waals surface area contributed by atoms with Crippen molar-refractivity contribution >= 4 is 23.0 Å². The fourth-order valence-corrected chi connectivity index (χ4v) is 4.64. The highest BCUT2D eigenvalue weighted by molar-refractivity contribution is 7.07. The van der Waals surface area contributed by atoms with Gasteiger partial charge < -0.3 is 4.74 Å². The van der Waals surface area contributed by atoms with Crippen LogP contribution < -0.4 is 14.8 Å². The predicted octanol–water partition coefficient (Wildman–Crippen LogP) is 2.61. The number of ether oxygens (including phenoxy) is 1. The van der Waals surface area contributed by atoms with Gasteiger partial charge in [0.2, 0.25) is 0 Å². The topological polar surface area (TPSA) is 110 Å². The number of nitrogens with zero attached hydrogens (tertiary/aromatic N) is 6. The molecule has 0 amide bonds. The second-order valence-electron chi connectivity index (χ2n) is 7.48. The lowest BCUT2D eigenvalue weighted by Gasteiger charge is -2.02. The molecule has 0 aliphatic rings. The molecule has 0 aliphatic carbocycles. The molecule has 0 N–H and O–H groups in total. The third-order valence-electron chi connectivity index (χ3n) is 5.20. The van der Waals surface area contributed by atoms with Crippen LogP contribution in [-0.2, 0) is 11.3 Å². The first-order chi connectivity index (χ1) is 17.2. The quantitative estimate of drug-likeness (QED) is 0.357. The molecule has 0 atom stereocenters. The molecule has 0 saturated heterocycles. The van der Waals surface area contributed by atoms with Crippen LogP contribution in [-0.4, -0.2) is 32.5 Å². The first-order valence-corrected chi connectivity index (χ1v) is 11.9. The Bertz CT molecular complexity index is 1560. The van der Waals surface area contributed by atoms with Crippen LogP contribution >= 0.6 is 11.3 Å². The van der Waals surface area contributed by atoms with E-state index in [0.717, 1.165) is 28.2 Å². The third kappa shape index (κ3) is 5.28. The Balaban J connectivity index is 1.90. The van der Waals surface area contributed by atoms with E-state index in [2.05, 4.69) is 4.98 Å². The number of aromatic nitrogens is 4. The van der Waals surface area contributed by atoms with Crippen LogP contribution in [0.3, 0.4) is 0 Å². The van der Waals surface area contributed by atoms with Gasteiger partial charge in [0.05, 0.1) is 10.2 Å². The molecule has 8 nitrogen and oxygen atoms in total. The minimum atomic E-state index is -0.255. The van der Waals surface area contributed by atoms with Crippen molar-refractivity contribution in [1.29, 1.82) is 10.5 Å². The number of benzene rings is 1. The van der Waals surface area contributed by atoms with Crippen molar-refractivity contribution in [1.82, 2.24) is 19.3 Å². The highest BCUT2D eigenvalue weighted by Gasteiger charge is 2.14. The van der Waals surface area contributed by atoms with E-state index in [0.29, 0.717) is 41.1 Å². The van der Waals surface area contributed by atoms with E-state index in [-0.39, 0.29) is 11.1 Å². The Kier molecular flexibility index (Phi) is 7.63. The van der Waals surface area contributed by atoms with Gasteiger partial charge in [0.15, 0.2) is 5.57 Å². The lowest BCUT2D eigenvalue weighted by Crippen LogP contribution is -2.32. The van der Waals surface area contributed by atoms with Gasteiger partial charge in [0.1, 0.15) is 22.5 Å². The maximum Gasteiger partial charge on any atom is 0.269 e. The van der Waals surface area contributed by atoms with Crippen molar-refractivity contribution in [3.63, 3.8) is 0 Å². The van der Waals surface area contributed by atoms with E-state index in [1.54, 1.807) is 23.2 Å². The molecule has 35 heavy (non-hydrogen) atoms. The van der Waals surface area contributed by atoms with Gasteiger partial charge in [-0.1, -0.05) is 18.2 Å². The number of hydrogen-bond donors (Lipinski definition) is 0. The van der Waals surface area contributed by atoms with Crippen LogP contribution in [0.2, 0.25) is 0 Å². The molecule has 174 valence electrons. The average Bonchev–Trinajstić information content (AvgIpc) is 3.45. The van der Waals surface area contributed by atoms with Crippen molar-refractivity contribution in [2.45, 2.75) is 19.9 Å². The molecule has 0 fully saturated rings. The highest BCUT2D eigenvalue weighted by Crippen LogP contribution is 2.23. The summed E-state index contributed by atoms with van der Waals surface area (Å²) in [7, 11) is 0. The molecule has 3 heterocycles. The molecule has 0 unspecified atom stereocenters. The first kappa shape index (κ1) is 23.8. The summed E-state index contributed by atoms with van der Waals surface area (Å²) in [6.07, 6.45) is 7.62. The van der Waals surface area contributed by atoms with Crippen LogP contribution in [0, 0.1) is 22.7 Å². The van der Waals surface area contributed by atoms with Gasteiger partial charge in [-0.25, -0.2) is 4.68 Å². The summed E-state index contributed by atoms with van der Waals surface area (Å²) >= 11 is 1.13. The molecular weight excluding hydrogens is 460 g/mol. The van der Waals surface area contributed by atoms with Crippen molar-refractivity contribution in [2.24, 2.45) is 0 Å². The molecule has 0 spiro atoms. The summed E-state index contributed by atoms with van der Waals surface area (Å²) < 4.78 is 9.39. The molecule has 3 aromatic heterocycles. The number of nitriles is 2. The fraction of sp³-hybridized carbons (Fsp3) is 0.192. The average molecular weight is 483 g/mol. The Morgan fingerprint density at radius 1 is 1.17 bits per heavy atom. The summed E-state index contributed by atoms with van der Waals surface area (Å²) in [6.45, 7) is 3.33. The first-order valence-electron chi connectivity index (χ1n) is 11.1. The monoisotopic (exact) mass is 482 g/mol. The standard InChI is InChI=1S/C26H22N6O2S/c1-2-34-13-7-12-31-25(33)23(35-26(31)21(15-27)16-28)14-20-18-32(22-9-4-3-5-10-22)30-24(20)19-8-6-11-29-17-19/h3-6,8-11,14,17-18H,2,7,12-13H2,1H3/b23-14+. The molecule has 1 aromatic carbocycles. The van der Waals surface area contributed by atoms with E-state index < -0.39 is 0 Å². The third-order valence-corrected chi connectivity index (χ3v) is 6.33. The lowest BCUT2D eigenvalue weighted by atomic mass is 10.1. The number of hydrogen-bond acceptors (Lipinski definition) is 7. The van der Waals surface area contributed by atoms with E-state index in [1.807, 2.05) is 67.7 Å². The van der Waals surface area contributed by atoms with Gasteiger partial charge >= 0.3 is 0 Å². The Labute approximate surface area is 205 Å². The van der Waals surface area contributed by atoms with Crippen molar-refractivity contribution < 1.29 is 4.74 Å². The van der Waals surface area contributed by atoms with Gasteiger partial charge in [-0.3, -0.25) is 14.3 Å². The molecular formula is C26H22N6O2S. The van der Waals surface area contributed by atoms with Gasteiger partial charge in [-0.15, -0.1) is 11.3 Å². The number of para-hydroxylation sites is 1. The fourth-order valence-electron chi connectivity index (χ4n) is 3.57. The molecule has 0 saturated carbocycles. The van der Waals surface area contributed by atoms with Crippen molar-refractivity contribution in [3.8, 4) is 29.1 Å². The smallest absolute Gasteiger partial charge is 0.269 e. The molecule has 0 aliphatic heterocycles. The highest BCUT2D eigenvalue weighted by atomic mass is 32.1. The molecule has 9 heteroatoms. The second kappa shape index (κ2) is 11.2. The van der Waals surface area contributed by atoms with Gasteiger partial charge in [0.25, 0.3) is 5.56 Å². The number of pyridine rings is 1. The maximum absolute atomic E-state index is 13.3. The van der Waals surface area contributed by atoms with Crippen LogP contribution in [0.4, 0.5) is 0 Å². The van der Waals surface area contributed by atoms with E-state index in [4.69, 9.17) is 9.84 Å². The van der Waals surface area contributed by atoms with Crippen molar-refractivity contribution in [3.05, 3.63) is 86.2 Å². The Morgan fingerprint density at radius 2 is 1.97 bits per heavy atom. The van der Waals surface area contributed by atoms with Crippen LogP contribution in [0.5, 0.6) is 0 Å². The van der Waals surface area contributed by atoms with Gasteiger partial charge in [0, 0.05) is 49.5 Å². The molecule has 0 radical (unpaired) electrons. The summed E-state index contributed by atoms with van der Waals surface area (Å²) in [5.74, 6) is 0. The van der Waals surface area contributed by atoms with E-state index in [1.165, 1.54) is 4.57 Å². The minimum absolute atomic E-state index is 0.0874. The summed E-state index contributed by atoms with van der Waals surface area (Å²) in [5.41, 5.74) is 2.74. The molecule has 0 bridgehead atoms. The second-order valence-corrected chi connectivity index (χ2v) is 8.51. The van der Waals surface area contributed by atoms with Crippen LogP contribution in [0.1, 0.15) is 18.9 Å². The number of rotatable bonds is 8. The summed E-state index contributed by atoms with van der Waals surface area (Å²) in [5, 5.41) is 23.7. The van der Waals surface area contributed by atoms with Crippen LogP contribution in [0.15, 0.2) is 65.8 Å². The minimum Gasteiger partial charge on any atom is -0.382 e. The zero-order valence-corrected chi connectivity index (χ0v) is 19.9. The lowest BCUT2D eigenvalue weighted by molar-refractivity contribution is 0.141. The van der Waals surface area contributed by atoms with Crippen molar-refractivity contribution in [2.75, 3.05) is 13.2 Å². The zero-order valence-electron chi connectivity index (χ0n) is 19.1. The van der Waals surface area contributed by atoms with Crippen LogP contribution in [0.25, 0.3) is 28.6 Å². The summed E-state index contributed by atoms with van der Waals surface area (Å²) in [4.78, 5) is 17.6. The summed E-state index contributed by atoms with van der Waals surface area (Å²) in [6, 6.07) is 17.2. The SMILES string of the molecule is CCOCCCn1c(=C(C#N)C#N)s/c(=C/c2cn(-c3ccccc3)nc2-c2cccnc2)c1=O. The maximum atomic E-state index is 13.3. The largest absolute Gasteiger partial charge is 0.382 e. The van der Waals surface area contributed by atoms with Gasteiger partial charge in [-0.2, -0.15) is 15.6 Å². The van der Waals surface area contributed by atoms with E-state index in [9.17, 15) is 15.3 Å². The normalized spacial score (nSPS) is 11.2.